The van der Waals surface area contributed by atoms with E-state index in [9.17, 15) is 10.1 Å². The number of anilines is 1. The Bertz CT molecular complexity index is 848. The highest BCUT2D eigenvalue weighted by atomic mass is 32.1. The first-order valence-electron chi connectivity index (χ1n) is 6.62. The Morgan fingerprint density at radius 2 is 2.22 bits per heavy atom. The normalized spacial score (nSPS) is 10.8. The van der Waals surface area contributed by atoms with E-state index in [4.69, 9.17) is 0 Å². The molecular weight excluding hydrogens is 314 g/mol. The van der Waals surface area contributed by atoms with Gasteiger partial charge in [-0.3, -0.25) is 20.5 Å². The van der Waals surface area contributed by atoms with Gasteiger partial charge in [-0.25, -0.2) is 4.98 Å². The molecule has 0 atom stereocenters. The molecule has 8 heteroatoms. The molecule has 0 amide bonds. The molecule has 1 aromatic carbocycles. The maximum absolute atomic E-state index is 10.8. The van der Waals surface area contributed by atoms with E-state index in [0.29, 0.717) is 16.4 Å². The van der Waals surface area contributed by atoms with Gasteiger partial charge in [0.15, 0.2) is 0 Å². The van der Waals surface area contributed by atoms with Gasteiger partial charge in [0, 0.05) is 41.0 Å². The summed E-state index contributed by atoms with van der Waals surface area (Å²) in [5.74, 6) is 0. The zero-order chi connectivity index (χ0) is 16.1. The second-order valence-electron chi connectivity index (χ2n) is 4.50. The van der Waals surface area contributed by atoms with Crippen LogP contribution in [0.15, 0.2) is 59.3 Å². The van der Waals surface area contributed by atoms with Gasteiger partial charge in [0.05, 0.1) is 16.8 Å². The van der Waals surface area contributed by atoms with Crippen LogP contribution in [0.3, 0.4) is 0 Å². The molecule has 3 aromatic rings. The van der Waals surface area contributed by atoms with Gasteiger partial charge in [-0.15, -0.1) is 11.3 Å². The van der Waals surface area contributed by atoms with Crippen LogP contribution >= 0.6 is 11.3 Å². The Morgan fingerprint density at radius 3 is 3.00 bits per heavy atom. The van der Waals surface area contributed by atoms with E-state index in [1.807, 2.05) is 17.5 Å². The Labute approximate surface area is 135 Å². The van der Waals surface area contributed by atoms with Crippen molar-refractivity contribution >= 4 is 28.4 Å². The zero-order valence-corrected chi connectivity index (χ0v) is 12.6. The first kappa shape index (κ1) is 14.8. The molecule has 2 heterocycles. The molecule has 7 nitrogen and oxygen atoms in total. The minimum Gasteiger partial charge on any atom is -0.264 e. The number of nitro benzene ring substituents is 1. The first-order valence-corrected chi connectivity index (χ1v) is 7.50. The van der Waals surface area contributed by atoms with Crippen molar-refractivity contribution in [1.29, 1.82) is 0 Å². The highest BCUT2D eigenvalue weighted by Crippen LogP contribution is 2.27. The molecule has 0 aliphatic rings. The van der Waals surface area contributed by atoms with Crippen LogP contribution < -0.4 is 5.43 Å². The number of nitrogens with zero attached hydrogens (tertiary/aromatic N) is 4. The molecule has 0 spiro atoms. The van der Waals surface area contributed by atoms with Gasteiger partial charge in [0.2, 0.25) is 5.13 Å². The molecule has 0 aliphatic heterocycles. The average Bonchev–Trinajstić information content (AvgIpc) is 3.05. The predicted molar refractivity (Wildman–Crippen MR) is 89.7 cm³/mol. The van der Waals surface area contributed by atoms with Crippen molar-refractivity contribution in [2.24, 2.45) is 5.10 Å². The number of aromatic nitrogens is 2. The van der Waals surface area contributed by atoms with Crippen molar-refractivity contribution in [1.82, 2.24) is 9.97 Å². The number of hydrogen-bond acceptors (Lipinski definition) is 7. The van der Waals surface area contributed by atoms with Gasteiger partial charge in [-0.05, 0) is 6.07 Å². The van der Waals surface area contributed by atoms with Crippen molar-refractivity contribution < 1.29 is 4.92 Å². The van der Waals surface area contributed by atoms with Gasteiger partial charge in [-0.1, -0.05) is 18.2 Å². The number of nitrogens with one attached hydrogen (secondary N) is 1. The van der Waals surface area contributed by atoms with Crippen molar-refractivity contribution in [3.8, 4) is 11.3 Å². The standard InChI is InChI=1S/C15H11N5O2S/c21-20(22)13-5-1-4-12(7-13)14-10-23-15(18-14)19-17-9-11-3-2-6-16-8-11/h1-10H,(H,18,19)/b17-9+. The van der Waals surface area contributed by atoms with Crippen LogP contribution in [0.5, 0.6) is 0 Å². The summed E-state index contributed by atoms with van der Waals surface area (Å²) in [5, 5.41) is 17.3. The van der Waals surface area contributed by atoms with Crippen LogP contribution in [0.25, 0.3) is 11.3 Å². The Hall–Kier alpha value is -3.13. The van der Waals surface area contributed by atoms with Gasteiger partial charge in [0.1, 0.15) is 0 Å². The predicted octanol–water partition coefficient (Wildman–Crippen LogP) is 3.56. The Balaban J connectivity index is 1.72. The van der Waals surface area contributed by atoms with Gasteiger partial charge >= 0.3 is 0 Å². The van der Waals surface area contributed by atoms with Gasteiger partial charge in [0.25, 0.3) is 5.69 Å². The van der Waals surface area contributed by atoms with E-state index in [1.165, 1.54) is 23.5 Å². The van der Waals surface area contributed by atoms with Crippen LogP contribution in [0.1, 0.15) is 5.56 Å². The van der Waals surface area contributed by atoms with Crippen LogP contribution in [-0.2, 0) is 0 Å². The summed E-state index contributed by atoms with van der Waals surface area (Å²) >= 11 is 1.37. The molecule has 0 aliphatic carbocycles. The molecular formula is C15H11N5O2S. The van der Waals surface area contributed by atoms with Crippen LogP contribution in [-0.4, -0.2) is 21.1 Å². The number of non-ortho nitro benzene ring substituents is 1. The lowest BCUT2D eigenvalue weighted by atomic mass is 10.1. The molecule has 2 aromatic heterocycles. The number of benzene rings is 1. The van der Waals surface area contributed by atoms with Gasteiger partial charge < -0.3 is 0 Å². The van der Waals surface area contributed by atoms with Gasteiger partial charge in [-0.2, -0.15) is 5.10 Å². The van der Waals surface area contributed by atoms with E-state index >= 15 is 0 Å². The summed E-state index contributed by atoms with van der Waals surface area (Å²) < 4.78 is 0. The third-order valence-corrected chi connectivity index (χ3v) is 3.66. The van der Waals surface area contributed by atoms with E-state index in [1.54, 1.807) is 30.7 Å². The number of nitro groups is 1. The van der Waals surface area contributed by atoms with Crippen molar-refractivity contribution in [2.75, 3.05) is 5.43 Å². The minimum atomic E-state index is -0.423. The summed E-state index contributed by atoms with van der Waals surface area (Å²) in [5.41, 5.74) is 5.11. The monoisotopic (exact) mass is 325 g/mol. The largest absolute Gasteiger partial charge is 0.270 e. The van der Waals surface area contributed by atoms with Crippen molar-refractivity contribution in [2.45, 2.75) is 0 Å². The molecule has 0 saturated heterocycles. The zero-order valence-electron chi connectivity index (χ0n) is 11.8. The van der Waals surface area contributed by atoms with E-state index in [0.717, 1.165) is 5.56 Å². The lowest BCUT2D eigenvalue weighted by molar-refractivity contribution is -0.384. The smallest absolute Gasteiger partial charge is 0.264 e. The molecule has 0 saturated carbocycles. The first-order chi connectivity index (χ1) is 11.2. The summed E-state index contributed by atoms with van der Waals surface area (Å²) in [7, 11) is 0. The lowest BCUT2D eigenvalue weighted by Crippen LogP contribution is -1.91. The number of rotatable bonds is 5. The van der Waals surface area contributed by atoms with Crippen LogP contribution in [0.4, 0.5) is 10.8 Å². The SMILES string of the molecule is O=[N+]([O-])c1cccc(-c2csc(N/N=C/c3cccnc3)n2)c1. The maximum Gasteiger partial charge on any atom is 0.270 e. The summed E-state index contributed by atoms with van der Waals surface area (Å²) in [6, 6.07) is 10.1. The number of pyridine rings is 1. The fraction of sp³-hybridized carbons (Fsp3) is 0. The highest BCUT2D eigenvalue weighted by Gasteiger charge is 2.09. The Kier molecular flexibility index (Phi) is 4.34. The molecule has 0 bridgehead atoms. The van der Waals surface area contributed by atoms with Crippen molar-refractivity contribution in [3.05, 3.63) is 69.8 Å². The molecule has 3 rings (SSSR count). The number of hydrogen-bond donors (Lipinski definition) is 1. The van der Waals surface area contributed by atoms with E-state index < -0.39 is 4.92 Å². The van der Waals surface area contributed by atoms with E-state index in [-0.39, 0.29) is 5.69 Å². The molecule has 0 unspecified atom stereocenters. The number of thiazole rings is 1. The molecule has 0 radical (unpaired) electrons. The fourth-order valence-electron chi connectivity index (χ4n) is 1.85. The quantitative estimate of drug-likeness (QED) is 0.440. The number of hydrazone groups is 1. The third kappa shape index (κ3) is 3.74. The highest BCUT2D eigenvalue weighted by molar-refractivity contribution is 7.14. The molecule has 1 N–H and O–H groups in total. The van der Waals surface area contributed by atoms with Crippen LogP contribution in [0.2, 0.25) is 0 Å². The molecule has 114 valence electrons. The van der Waals surface area contributed by atoms with Crippen molar-refractivity contribution in [3.63, 3.8) is 0 Å². The Morgan fingerprint density at radius 1 is 1.30 bits per heavy atom. The lowest BCUT2D eigenvalue weighted by Gasteiger charge is -1.97. The average molecular weight is 325 g/mol. The topological polar surface area (TPSA) is 93.3 Å². The maximum atomic E-state index is 10.8. The third-order valence-electron chi connectivity index (χ3n) is 2.92. The second kappa shape index (κ2) is 6.75. The van der Waals surface area contributed by atoms with E-state index in [2.05, 4.69) is 20.5 Å². The summed E-state index contributed by atoms with van der Waals surface area (Å²) in [6.07, 6.45) is 5.03. The molecule has 0 fully saturated rings. The second-order valence-corrected chi connectivity index (χ2v) is 5.36. The summed E-state index contributed by atoms with van der Waals surface area (Å²) in [4.78, 5) is 18.8. The molecule has 23 heavy (non-hydrogen) atoms. The fourth-order valence-corrected chi connectivity index (χ4v) is 2.52. The van der Waals surface area contributed by atoms with Crippen LogP contribution in [0, 0.1) is 10.1 Å². The summed E-state index contributed by atoms with van der Waals surface area (Å²) in [6.45, 7) is 0. The minimum absolute atomic E-state index is 0.0413.